The minimum Gasteiger partial charge on any atom is -0.319 e. The number of hydrogen-bond donors (Lipinski definition) is 1. The number of aryl methyl sites for hydroxylation is 2. The summed E-state index contributed by atoms with van der Waals surface area (Å²) < 4.78 is 66.0. The lowest BCUT2D eigenvalue weighted by Gasteiger charge is -2.26. The summed E-state index contributed by atoms with van der Waals surface area (Å²) in [4.78, 5) is 11.7. The van der Waals surface area contributed by atoms with Crippen LogP contribution in [-0.4, -0.2) is 21.2 Å². The van der Waals surface area contributed by atoms with Crippen LogP contribution >= 0.6 is 0 Å². The molecule has 116 valence electrons. The molecule has 0 aliphatic heterocycles. The number of nitrogens with zero attached hydrogens (tertiary/aromatic N) is 2. The predicted octanol–water partition coefficient (Wildman–Crippen LogP) is 2.07. The second-order valence-corrected chi connectivity index (χ2v) is 4.75. The van der Waals surface area contributed by atoms with Gasteiger partial charge in [-0.2, -0.15) is 22.0 Å². The average molecular weight is 309 g/mol. The molecule has 1 aromatic carbocycles. The van der Waals surface area contributed by atoms with Crippen LogP contribution in [0.3, 0.4) is 0 Å². The maximum atomic E-state index is 13.3. The molecular formula is C12H12F5N3O. The van der Waals surface area contributed by atoms with E-state index in [2.05, 4.69) is 0 Å². The molecule has 0 radical (unpaired) electrons. The Morgan fingerprint density at radius 2 is 1.57 bits per heavy atom. The zero-order valence-electron chi connectivity index (χ0n) is 11.1. The Kier molecular flexibility index (Phi) is 3.36. The number of fused-ring (bicyclic) bond motifs is 1. The molecular weight excluding hydrogens is 297 g/mol. The van der Waals surface area contributed by atoms with Gasteiger partial charge in [0.25, 0.3) is 0 Å². The molecule has 21 heavy (non-hydrogen) atoms. The molecule has 1 unspecified atom stereocenters. The standard InChI is InChI=1S/C12H12F5N3O/c1-19-7-4-3-6(5-8(7)20(2)10(19)21)9(18)11(13,14)12(15,16)17/h3-5,9H,18H2,1-2H3. The Morgan fingerprint density at radius 3 is 2.10 bits per heavy atom. The van der Waals surface area contributed by atoms with E-state index in [1.54, 1.807) is 0 Å². The lowest BCUT2D eigenvalue weighted by Crippen LogP contribution is -2.45. The van der Waals surface area contributed by atoms with Crippen LogP contribution in [0.4, 0.5) is 22.0 Å². The molecule has 9 heteroatoms. The van der Waals surface area contributed by atoms with Gasteiger partial charge in [0.2, 0.25) is 0 Å². The summed E-state index contributed by atoms with van der Waals surface area (Å²) in [6.45, 7) is 0. The van der Waals surface area contributed by atoms with Crippen LogP contribution < -0.4 is 11.4 Å². The minimum absolute atomic E-state index is 0.230. The number of rotatable bonds is 2. The molecule has 0 aliphatic carbocycles. The smallest absolute Gasteiger partial charge is 0.319 e. The number of halogens is 5. The Labute approximate surface area is 115 Å². The maximum absolute atomic E-state index is 13.3. The van der Waals surface area contributed by atoms with Crippen LogP contribution in [0.5, 0.6) is 0 Å². The molecule has 4 nitrogen and oxygen atoms in total. The van der Waals surface area contributed by atoms with Crippen molar-refractivity contribution >= 4 is 11.0 Å². The molecule has 0 saturated heterocycles. The van der Waals surface area contributed by atoms with Gasteiger partial charge < -0.3 is 5.73 Å². The van der Waals surface area contributed by atoms with Crippen LogP contribution in [0.2, 0.25) is 0 Å². The van der Waals surface area contributed by atoms with Gasteiger partial charge >= 0.3 is 17.8 Å². The second kappa shape index (κ2) is 4.55. The van der Waals surface area contributed by atoms with Crippen LogP contribution in [-0.2, 0) is 14.1 Å². The summed E-state index contributed by atoms with van der Waals surface area (Å²) in [5.41, 5.74) is 4.91. The Bertz CT molecular complexity index is 744. The first-order valence-corrected chi connectivity index (χ1v) is 5.84. The topological polar surface area (TPSA) is 53.0 Å². The van der Waals surface area contributed by atoms with Crippen LogP contribution in [0.1, 0.15) is 11.6 Å². The highest BCUT2D eigenvalue weighted by molar-refractivity contribution is 5.77. The third-order valence-electron chi connectivity index (χ3n) is 3.42. The molecule has 0 fully saturated rings. The van der Waals surface area contributed by atoms with E-state index in [1.165, 1.54) is 24.7 Å². The molecule has 2 aromatic rings. The summed E-state index contributed by atoms with van der Waals surface area (Å²) in [6, 6.07) is 0.878. The second-order valence-electron chi connectivity index (χ2n) is 4.75. The predicted molar refractivity (Wildman–Crippen MR) is 66.1 cm³/mol. The molecule has 1 aromatic heterocycles. The number of hydrogen-bond acceptors (Lipinski definition) is 2. The van der Waals surface area contributed by atoms with E-state index in [4.69, 9.17) is 5.73 Å². The van der Waals surface area contributed by atoms with Gasteiger partial charge in [0.15, 0.2) is 0 Å². The average Bonchev–Trinajstić information content (AvgIpc) is 2.61. The quantitative estimate of drug-likeness (QED) is 0.864. The minimum atomic E-state index is -5.75. The molecule has 2 rings (SSSR count). The lowest BCUT2D eigenvalue weighted by atomic mass is 10.0. The Balaban J connectivity index is 2.59. The molecule has 0 aliphatic rings. The van der Waals surface area contributed by atoms with Crippen molar-refractivity contribution in [3.63, 3.8) is 0 Å². The van der Waals surface area contributed by atoms with Gasteiger partial charge in [0, 0.05) is 14.1 Å². The fourth-order valence-electron chi connectivity index (χ4n) is 2.10. The van der Waals surface area contributed by atoms with Crippen molar-refractivity contribution < 1.29 is 22.0 Å². The van der Waals surface area contributed by atoms with Gasteiger partial charge in [-0.15, -0.1) is 0 Å². The van der Waals surface area contributed by atoms with Crippen molar-refractivity contribution in [3.05, 3.63) is 34.2 Å². The molecule has 0 amide bonds. The maximum Gasteiger partial charge on any atom is 0.455 e. The van der Waals surface area contributed by atoms with E-state index < -0.39 is 29.4 Å². The number of nitrogens with two attached hydrogens (primary N) is 1. The molecule has 0 saturated carbocycles. The third-order valence-corrected chi connectivity index (χ3v) is 3.42. The Hall–Kier alpha value is -1.90. The number of alkyl halides is 5. The summed E-state index contributed by atoms with van der Waals surface area (Å²) >= 11 is 0. The lowest BCUT2D eigenvalue weighted by molar-refractivity contribution is -0.290. The zero-order valence-corrected chi connectivity index (χ0v) is 11.1. The first-order valence-electron chi connectivity index (χ1n) is 5.84. The monoisotopic (exact) mass is 309 g/mol. The first-order chi connectivity index (χ1) is 9.48. The zero-order chi connectivity index (χ0) is 16.2. The SMILES string of the molecule is Cn1c(=O)n(C)c2cc(C(N)C(F)(F)C(F)(F)F)ccc21. The van der Waals surface area contributed by atoms with E-state index in [1.807, 2.05) is 0 Å². The van der Waals surface area contributed by atoms with Crippen molar-refractivity contribution in [2.24, 2.45) is 19.8 Å². The number of benzene rings is 1. The normalized spacial score (nSPS) is 14.7. The van der Waals surface area contributed by atoms with Crippen molar-refractivity contribution in [1.29, 1.82) is 0 Å². The van der Waals surface area contributed by atoms with E-state index in [0.29, 0.717) is 5.52 Å². The fraction of sp³-hybridized carbons (Fsp3) is 0.417. The third kappa shape index (κ3) is 2.21. The van der Waals surface area contributed by atoms with Gasteiger partial charge in [-0.25, -0.2) is 4.79 Å². The van der Waals surface area contributed by atoms with Gasteiger partial charge in [0.05, 0.1) is 11.0 Å². The van der Waals surface area contributed by atoms with E-state index in [9.17, 15) is 26.7 Å². The highest BCUT2D eigenvalue weighted by atomic mass is 19.4. The van der Waals surface area contributed by atoms with Gasteiger partial charge in [0.1, 0.15) is 6.04 Å². The van der Waals surface area contributed by atoms with E-state index >= 15 is 0 Å². The fourth-order valence-corrected chi connectivity index (χ4v) is 2.10. The van der Waals surface area contributed by atoms with Crippen molar-refractivity contribution in [2.75, 3.05) is 0 Å². The molecule has 0 bridgehead atoms. The molecule has 0 spiro atoms. The van der Waals surface area contributed by atoms with Gasteiger partial charge in [-0.1, -0.05) is 6.07 Å². The van der Waals surface area contributed by atoms with Gasteiger partial charge in [-0.05, 0) is 17.7 Å². The van der Waals surface area contributed by atoms with Gasteiger partial charge in [-0.3, -0.25) is 9.13 Å². The van der Waals surface area contributed by atoms with Crippen molar-refractivity contribution in [2.45, 2.75) is 18.1 Å². The van der Waals surface area contributed by atoms with Crippen LogP contribution in [0.15, 0.2) is 23.0 Å². The van der Waals surface area contributed by atoms with Crippen LogP contribution in [0.25, 0.3) is 11.0 Å². The highest BCUT2D eigenvalue weighted by Gasteiger charge is 2.61. The summed E-state index contributed by atoms with van der Waals surface area (Å²) in [5, 5.41) is 0. The highest BCUT2D eigenvalue weighted by Crippen LogP contribution is 2.43. The number of aromatic nitrogens is 2. The summed E-state index contributed by atoms with van der Waals surface area (Å²) in [5.74, 6) is -5.06. The van der Waals surface area contributed by atoms with Crippen molar-refractivity contribution in [3.8, 4) is 0 Å². The first kappa shape index (κ1) is 15.5. The van der Waals surface area contributed by atoms with Crippen LogP contribution in [0, 0.1) is 0 Å². The van der Waals surface area contributed by atoms with E-state index in [-0.39, 0.29) is 5.52 Å². The largest absolute Gasteiger partial charge is 0.455 e. The summed E-state index contributed by atoms with van der Waals surface area (Å²) in [6.07, 6.45) is -5.75. The molecule has 2 N–H and O–H groups in total. The number of imidazole rings is 1. The Morgan fingerprint density at radius 1 is 1.05 bits per heavy atom. The molecule has 1 atom stereocenters. The summed E-state index contributed by atoms with van der Waals surface area (Å²) in [7, 11) is 2.86. The van der Waals surface area contributed by atoms with E-state index in [0.717, 1.165) is 16.7 Å². The molecule has 1 heterocycles. The van der Waals surface area contributed by atoms with Crippen molar-refractivity contribution in [1.82, 2.24) is 9.13 Å².